The zero-order chi connectivity index (χ0) is 23.8. The molecule has 32 heavy (non-hydrogen) atoms. The maximum atomic E-state index is 15.3. The number of carboxylic acid groups (broad SMARTS) is 1. The lowest BCUT2D eigenvalue weighted by Crippen LogP contribution is -2.45. The third kappa shape index (κ3) is 4.01. The molecule has 2 N–H and O–H groups in total. The number of nitriles is 1. The number of hydrogen-bond acceptors (Lipinski definition) is 3. The molecule has 168 valence electrons. The van der Waals surface area contributed by atoms with E-state index < -0.39 is 46.4 Å². The number of benzene rings is 2. The van der Waals surface area contributed by atoms with E-state index in [0.29, 0.717) is 0 Å². The highest BCUT2D eigenvalue weighted by Gasteiger charge is 2.61. The Bertz CT molecular complexity index is 1120. The van der Waals surface area contributed by atoms with Crippen molar-refractivity contribution in [3.05, 3.63) is 81.9 Å². The quantitative estimate of drug-likeness (QED) is 0.511. The fourth-order valence-corrected chi connectivity index (χ4v) is 4.88. The van der Waals surface area contributed by atoms with Crippen LogP contribution in [0.4, 0.5) is 8.78 Å². The molecule has 1 aliphatic heterocycles. The van der Waals surface area contributed by atoms with E-state index in [9.17, 15) is 15.2 Å². The smallest absolute Gasteiger partial charge is 0.321 e. The van der Waals surface area contributed by atoms with Crippen LogP contribution in [0, 0.1) is 28.4 Å². The fourth-order valence-electron chi connectivity index (χ4n) is 4.54. The Hall–Kier alpha value is -2.46. The Morgan fingerprint density at radius 1 is 1.34 bits per heavy atom. The van der Waals surface area contributed by atoms with Crippen LogP contribution in [-0.4, -0.2) is 23.2 Å². The minimum Gasteiger partial charge on any atom is -0.480 e. The first kappa shape index (κ1) is 24.2. The second-order valence-electron chi connectivity index (χ2n) is 8.66. The average Bonchev–Trinajstić information content (AvgIpc) is 3.04. The number of carbonyl (C=O) groups is 1. The van der Waals surface area contributed by atoms with Crippen molar-refractivity contribution in [1.82, 2.24) is 5.32 Å². The topological polar surface area (TPSA) is 73.1 Å². The maximum Gasteiger partial charge on any atom is 0.321 e. The number of halogens is 4. The molecule has 0 bridgehead atoms. The van der Waals surface area contributed by atoms with Gasteiger partial charge in [0.2, 0.25) is 0 Å². The summed E-state index contributed by atoms with van der Waals surface area (Å²) in [5.74, 6) is -4.18. The van der Waals surface area contributed by atoms with E-state index in [1.54, 1.807) is 6.08 Å². The summed E-state index contributed by atoms with van der Waals surface area (Å²) in [6, 6.07) is 7.98. The van der Waals surface area contributed by atoms with Crippen molar-refractivity contribution in [2.45, 2.75) is 43.7 Å². The van der Waals surface area contributed by atoms with E-state index in [1.165, 1.54) is 30.3 Å². The normalized spacial score (nSPS) is 25.3. The van der Waals surface area contributed by atoms with Crippen molar-refractivity contribution in [3.8, 4) is 6.07 Å². The summed E-state index contributed by atoms with van der Waals surface area (Å²) in [5.41, 5.74) is -2.45. The minimum absolute atomic E-state index is 0.0603. The van der Waals surface area contributed by atoms with E-state index in [1.807, 2.05) is 13.8 Å². The molecule has 0 aromatic heterocycles. The summed E-state index contributed by atoms with van der Waals surface area (Å²) in [6.07, 6.45) is 1.92. The molecular weight excluding hydrogens is 457 g/mol. The molecule has 0 amide bonds. The predicted octanol–water partition coefficient (Wildman–Crippen LogP) is 5.84. The van der Waals surface area contributed by atoms with Gasteiger partial charge < -0.3 is 5.11 Å². The van der Waals surface area contributed by atoms with E-state index in [4.69, 9.17) is 23.2 Å². The molecule has 0 spiro atoms. The zero-order valence-corrected chi connectivity index (χ0v) is 19.0. The van der Waals surface area contributed by atoms with Crippen molar-refractivity contribution in [1.29, 1.82) is 5.26 Å². The molecule has 1 aliphatic rings. The van der Waals surface area contributed by atoms with Crippen molar-refractivity contribution in [2.24, 2.45) is 5.41 Å². The van der Waals surface area contributed by atoms with Gasteiger partial charge in [0.15, 0.2) is 0 Å². The number of allylic oxidation sites excluding steroid dienone is 1. The molecule has 8 heteroatoms. The number of aliphatic carboxylic acids is 1. The lowest BCUT2D eigenvalue weighted by molar-refractivity contribution is -0.139. The first-order chi connectivity index (χ1) is 15.0. The number of rotatable bonds is 6. The lowest BCUT2D eigenvalue weighted by atomic mass is 9.62. The van der Waals surface area contributed by atoms with E-state index >= 15 is 8.78 Å². The van der Waals surface area contributed by atoms with E-state index in [2.05, 4.69) is 18.0 Å². The number of hydrogen-bond donors (Lipinski definition) is 2. The van der Waals surface area contributed by atoms with Crippen LogP contribution >= 0.6 is 23.2 Å². The van der Waals surface area contributed by atoms with E-state index in [-0.39, 0.29) is 27.6 Å². The Kier molecular flexibility index (Phi) is 6.67. The van der Waals surface area contributed by atoms with Crippen LogP contribution in [0.2, 0.25) is 10.0 Å². The fraction of sp³-hybridized carbons (Fsp3) is 0.333. The summed E-state index contributed by atoms with van der Waals surface area (Å²) < 4.78 is 30.5. The lowest BCUT2D eigenvalue weighted by Gasteiger charge is -2.37. The van der Waals surface area contributed by atoms with Crippen LogP contribution in [0.3, 0.4) is 0 Å². The van der Waals surface area contributed by atoms with Crippen LogP contribution < -0.4 is 5.32 Å². The summed E-state index contributed by atoms with van der Waals surface area (Å²) >= 11 is 11.9. The highest BCUT2D eigenvalue weighted by Crippen LogP contribution is 2.52. The van der Waals surface area contributed by atoms with Gasteiger partial charge in [0.05, 0.1) is 11.1 Å². The Morgan fingerprint density at radius 2 is 2.03 bits per heavy atom. The molecule has 0 aliphatic carbocycles. The van der Waals surface area contributed by atoms with Gasteiger partial charge in [-0.3, -0.25) is 10.1 Å². The Labute approximate surface area is 195 Å². The monoisotopic (exact) mass is 478 g/mol. The van der Waals surface area contributed by atoms with Crippen LogP contribution in [0.15, 0.2) is 49.1 Å². The van der Waals surface area contributed by atoms with Crippen LogP contribution in [0.1, 0.15) is 37.3 Å². The van der Waals surface area contributed by atoms with Gasteiger partial charge in [0.1, 0.15) is 23.1 Å². The molecule has 1 saturated heterocycles. The standard InChI is InChI=1S/C24H22Cl2F2N2O2/c1-4-23(2,3)11-18-24(12-29,15-9-8-13(25)10-17(15)27)19(21(30-18)22(31)32)14-6-5-7-16(26)20(14)28/h4-10,18-19,21,30H,1,11H2,2-3H3,(H,31,32)/t18-,19-,21+,24-/m0/s1. The summed E-state index contributed by atoms with van der Waals surface area (Å²) in [4.78, 5) is 12.3. The largest absolute Gasteiger partial charge is 0.480 e. The molecular formula is C24H22Cl2F2N2O2. The van der Waals surface area contributed by atoms with Crippen LogP contribution in [0.5, 0.6) is 0 Å². The third-order valence-electron chi connectivity index (χ3n) is 6.18. The number of nitrogens with zero attached hydrogens (tertiary/aromatic N) is 1. The van der Waals surface area contributed by atoms with Crippen molar-refractivity contribution in [2.75, 3.05) is 0 Å². The van der Waals surface area contributed by atoms with Crippen molar-refractivity contribution >= 4 is 29.2 Å². The molecule has 0 radical (unpaired) electrons. The van der Waals surface area contributed by atoms with Gasteiger partial charge in [-0.2, -0.15) is 5.26 Å². The van der Waals surface area contributed by atoms with Crippen molar-refractivity contribution in [3.63, 3.8) is 0 Å². The molecule has 1 fully saturated rings. The zero-order valence-electron chi connectivity index (χ0n) is 17.5. The average molecular weight is 479 g/mol. The Balaban J connectivity index is 2.38. The van der Waals surface area contributed by atoms with Gasteiger partial charge in [-0.25, -0.2) is 8.78 Å². The molecule has 2 aromatic rings. The number of carboxylic acids is 1. The van der Waals surface area contributed by atoms with Crippen LogP contribution in [-0.2, 0) is 10.2 Å². The molecule has 4 atom stereocenters. The second kappa shape index (κ2) is 8.82. The molecule has 1 heterocycles. The molecule has 0 saturated carbocycles. The van der Waals surface area contributed by atoms with Gasteiger partial charge >= 0.3 is 5.97 Å². The van der Waals surface area contributed by atoms with Gasteiger partial charge in [-0.15, -0.1) is 6.58 Å². The SMILES string of the molecule is C=CC(C)(C)C[C@@H]1N[C@@H](C(=O)O)[C@H](c2cccc(Cl)c2F)[C@@]1(C#N)c1ccc(Cl)cc1F. The van der Waals surface area contributed by atoms with Gasteiger partial charge in [0.25, 0.3) is 0 Å². The first-order valence-electron chi connectivity index (χ1n) is 9.91. The molecule has 4 nitrogen and oxygen atoms in total. The summed E-state index contributed by atoms with van der Waals surface area (Å²) in [5, 5.41) is 23.4. The molecule has 2 aromatic carbocycles. The molecule has 0 unspecified atom stereocenters. The Morgan fingerprint density at radius 3 is 2.59 bits per heavy atom. The summed E-state index contributed by atoms with van der Waals surface area (Å²) in [7, 11) is 0. The van der Waals surface area contributed by atoms with Gasteiger partial charge in [-0.05, 0) is 35.6 Å². The summed E-state index contributed by atoms with van der Waals surface area (Å²) in [6.45, 7) is 7.54. The van der Waals surface area contributed by atoms with Crippen molar-refractivity contribution < 1.29 is 18.7 Å². The highest BCUT2D eigenvalue weighted by molar-refractivity contribution is 6.31. The third-order valence-corrected chi connectivity index (χ3v) is 6.71. The van der Waals surface area contributed by atoms with E-state index in [0.717, 1.165) is 6.07 Å². The predicted molar refractivity (Wildman–Crippen MR) is 120 cm³/mol. The van der Waals surface area contributed by atoms with Gasteiger partial charge in [-0.1, -0.05) is 61.3 Å². The first-order valence-corrected chi connectivity index (χ1v) is 10.7. The second-order valence-corrected chi connectivity index (χ2v) is 9.50. The van der Waals surface area contributed by atoms with Gasteiger partial charge in [0, 0.05) is 22.5 Å². The number of nitrogens with one attached hydrogen (secondary N) is 1. The highest BCUT2D eigenvalue weighted by atomic mass is 35.5. The molecule has 3 rings (SSSR count). The minimum atomic E-state index is -1.77. The maximum absolute atomic E-state index is 15.3. The van der Waals surface area contributed by atoms with Crippen LogP contribution in [0.25, 0.3) is 0 Å².